The van der Waals surface area contributed by atoms with E-state index in [-0.39, 0.29) is 18.2 Å². The average Bonchev–Trinajstić information content (AvgIpc) is 3.26. The molecular formula is C27H27N3O3. The van der Waals surface area contributed by atoms with Crippen molar-refractivity contribution < 1.29 is 14.3 Å². The number of fused-ring (bicyclic) bond motifs is 1. The molecule has 0 saturated carbocycles. The van der Waals surface area contributed by atoms with Crippen LogP contribution in [0.4, 0.5) is 5.69 Å². The Morgan fingerprint density at radius 2 is 1.67 bits per heavy atom. The second kappa shape index (κ2) is 9.71. The fourth-order valence-electron chi connectivity index (χ4n) is 4.02. The SMILES string of the molecule is COc1cccc(N(C(=O)CN(C)C)C(C(=O)c2c[nH]c3ccccc23)c2ccccc2)c1. The number of anilines is 1. The number of nitrogens with zero attached hydrogens (tertiary/aromatic N) is 2. The fraction of sp³-hybridized carbons (Fsp3) is 0.185. The third kappa shape index (κ3) is 4.66. The minimum atomic E-state index is -0.843. The average molecular weight is 442 g/mol. The van der Waals surface area contributed by atoms with Crippen LogP contribution >= 0.6 is 0 Å². The van der Waals surface area contributed by atoms with Gasteiger partial charge in [-0.05, 0) is 37.9 Å². The maximum absolute atomic E-state index is 14.1. The number of carbonyl (C=O) groups excluding carboxylic acids is 2. The molecule has 0 fully saturated rings. The van der Waals surface area contributed by atoms with Crippen LogP contribution in [0.25, 0.3) is 10.9 Å². The lowest BCUT2D eigenvalue weighted by atomic mass is 9.94. The fourth-order valence-corrected chi connectivity index (χ4v) is 4.02. The number of aromatic amines is 1. The van der Waals surface area contributed by atoms with Crippen molar-refractivity contribution in [3.8, 4) is 5.75 Å². The first-order valence-corrected chi connectivity index (χ1v) is 10.8. The van der Waals surface area contributed by atoms with Crippen molar-refractivity contribution in [2.75, 3.05) is 32.6 Å². The molecule has 1 unspecified atom stereocenters. The largest absolute Gasteiger partial charge is 0.497 e. The van der Waals surface area contributed by atoms with Crippen molar-refractivity contribution in [1.82, 2.24) is 9.88 Å². The minimum absolute atomic E-state index is 0.154. The lowest BCUT2D eigenvalue weighted by Crippen LogP contribution is -2.43. The first-order valence-electron chi connectivity index (χ1n) is 10.8. The summed E-state index contributed by atoms with van der Waals surface area (Å²) in [6.07, 6.45) is 1.73. The number of Topliss-reactive ketones (excluding diaryl/α,β-unsaturated/α-hetero) is 1. The van der Waals surface area contributed by atoms with E-state index in [4.69, 9.17) is 4.74 Å². The number of H-pyrrole nitrogens is 1. The zero-order chi connectivity index (χ0) is 23.4. The zero-order valence-electron chi connectivity index (χ0n) is 19.0. The number of carbonyl (C=O) groups is 2. The van der Waals surface area contributed by atoms with Gasteiger partial charge in [0.25, 0.3) is 0 Å². The topological polar surface area (TPSA) is 65.6 Å². The number of aromatic nitrogens is 1. The van der Waals surface area contributed by atoms with Gasteiger partial charge in [-0.1, -0.05) is 54.6 Å². The molecular weight excluding hydrogens is 414 g/mol. The highest BCUT2D eigenvalue weighted by atomic mass is 16.5. The number of hydrogen-bond donors (Lipinski definition) is 1. The van der Waals surface area contributed by atoms with Gasteiger partial charge < -0.3 is 14.6 Å². The van der Waals surface area contributed by atoms with Crippen LogP contribution in [-0.2, 0) is 4.79 Å². The standard InChI is InChI=1S/C27H27N3O3/c1-29(2)18-25(31)30(20-12-9-13-21(16-20)33-3)26(19-10-5-4-6-11-19)27(32)23-17-28-24-15-8-7-14-22(23)24/h4-17,26,28H,18H2,1-3H3. The molecule has 1 aromatic heterocycles. The van der Waals surface area contributed by atoms with Crippen LogP contribution in [0, 0.1) is 0 Å². The summed E-state index contributed by atoms with van der Waals surface area (Å²) in [4.78, 5) is 34.3. The molecule has 4 rings (SSSR count). The van der Waals surface area contributed by atoms with Crippen molar-refractivity contribution in [2.24, 2.45) is 0 Å². The summed E-state index contributed by atoms with van der Waals surface area (Å²) in [5.74, 6) is 0.269. The summed E-state index contributed by atoms with van der Waals surface area (Å²) in [6.45, 7) is 0.154. The third-order valence-corrected chi connectivity index (χ3v) is 5.53. The molecule has 0 spiro atoms. The third-order valence-electron chi connectivity index (χ3n) is 5.53. The molecule has 0 bridgehead atoms. The normalized spacial score (nSPS) is 12.0. The van der Waals surface area contributed by atoms with E-state index in [0.29, 0.717) is 17.0 Å². The van der Waals surface area contributed by atoms with Gasteiger partial charge in [-0.2, -0.15) is 0 Å². The maximum Gasteiger partial charge on any atom is 0.242 e. The van der Waals surface area contributed by atoms with E-state index in [1.807, 2.05) is 86.9 Å². The summed E-state index contributed by atoms with van der Waals surface area (Å²) in [7, 11) is 5.25. The molecule has 4 aromatic rings. The number of benzene rings is 3. The number of methoxy groups -OCH3 is 1. The predicted molar refractivity (Wildman–Crippen MR) is 131 cm³/mol. The number of hydrogen-bond acceptors (Lipinski definition) is 4. The monoisotopic (exact) mass is 441 g/mol. The number of ether oxygens (including phenoxy) is 1. The van der Waals surface area contributed by atoms with Crippen LogP contribution in [0.1, 0.15) is 22.0 Å². The van der Waals surface area contributed by atoms with Crippen LogP contribution < -0.4 is 9.64 Å². The summed E-state index contributed by atoms with van der Waals surface area (Å²) in [5, 5.41) is 0.828. The van der Waals surface area contributed by atoms with Gasteiger partial charge in [0.05, 0.1) is 13.7 Å². The first-order chi connectivity index (χ1) is 16.0. The van der Waals surface area contributed by atoms with Gasteiger partial charge in [0.1, 0.15) is 11.8 Å². The number of rotatable bonds is 8. The van der Waals surface area contributed by atoms with E-state index in [2.05, 4.69) is 4.98 Å². The number of likely N-dealkylation sites (N-methyl/N-ethyl adjacent to an activating group) is 1. The molecule has 0 aliphatic rings. The Labute approximate surface area is 193 Å². The lowest BCUT2D eigenvalue weighted by Gasteiger charge is -2.32. The first kappa shape index (κ1) is 22.3. The predicted octanol–water partition coefficient (Wildman–Crippen LogP) is 4.70. The van der Waals surface area contributed by atoms with Crippen molar-refractivity contribution in [2.45, 2.75) is 6.04 Å². The van der Waals surface area contributed by atoms with E-state index in [1.165, 1.54) is 0 Å². The Morgan fingerprint density at radius 3 is 2.39 bits per heavy atom. The van der Waals surface area contributed by atoms with Crippen LogP contribution in [-0.4, -0.2) is 49.3 Å². The number of para-hydroxylation sites is 1. The van der Waals surface area contributed by atoms with Gasteiger partial charge in [-0.15, -0.1) is 0 Å². The maximum atomic E-state index is 14.1. The van der Waals surface area contributed by atoms with E-state index in [9.17, 15) is 9.59 Å². The van der Waals surface area contributed by atoms with Crippen LogP contribution in [0.2, 0.25) is 0 Å². The second-order valence-corrected chi connectivity index (χ2v) is 8.13. The Balaban J connectivity index is 1.90. The molecule has 1 N–H and O–H groups in total. The smallest absolute Gasteiger partial charge is 0.242 e. The highest BCUT2D eigenvalue weighted by molar-refractivity contribution is 6.14. The Bertz CT molecular complexity index is 1260. The van der Waals surface area contributed by atoms with Crippen molar-refractivity contribution >= 4 is 28.3 Å². The van der Waals surface area contributed by atoms with Crippen LogP contribution in [0.3, 0.4) is 0 Å². The Hall–Kier alpha value is -3.90. The van der Waals surface area contributed by atoms with E-state index in [0.717, 1.165) is 16.5 Å². The van der Waals surface area contributed by atoms with Gasteiger partial charge in [0.2, 0.25) is 5.91 Å². The molecule has 6 heteroatoms. The zero-order valence-corrected chi connectivity index (χ0v) is 19.0. The quantitative estimate of drug-likeness (QED) is 0.403. The van der Waals surface area contributed by atoms with E-state index in [1.54, 1.807) is 29.2 Å². The van der Waals surface area contributed by atoms with Crippen molar-refractivity contribution in [3.05, 3.63) is 96.2 Å². The summed E-state index contributed by atoms with van der Waals surface area (Å²) in [6, 6.07) is 23.5. The van der Waals surface area contributed by atoms with Crippen molar-refractivity contribution in [3.63, 3.8) is 0 Å². The van der Waals surface area contributed by atoms with Gasteiger partial charge in [-0.3, -0.25) is 14.5 Å². The molecule has 0 saturated heterocycles. The number of nitrogens with one attached hydrogen (secondary N) is 1. The van der Waals surface area contributed by atoms with Gasteiger partial charge >= 0.3 is 0 Å². The molecule has 33 heavy (non-hydrogen) atoms. The Morgan fingerprint density at radius 1 is 0.939 bits per heavy atom. The molecule has 3 aromatic carbocycles. The minimum Gasteiger partial charge on any atom is -0.497 e. The summed E-state index contributed by atoms with van der Waals surface area (Å²) in [5.41, 5.74) is 2.76. The van der Waals surface area contributed by atoms with Gasteiger partial charge in [-0.25, -0.2) is 0 Å². The molecule has 1 atom stereocenters. The van der Waals surface area contributed by atoms with Crippen LogP contribution in [0.5, 0.6) is 5.75 Å². The number of ketones is 1. The highest BCUT2D eigenvalue weighted by Gasteiger charge is 2.34. The van der Waals surface area contributed by atoms with Gasteiger partial charge in [0, 0.05) is 34.4 Å². The highest BCUT2D eigenvalue weighted by Crippen LogP contribution is 2.34. The van der Waals surface area contributed by atoms with Gasteiger partial charge in [0.15, 0.2) is 5.78 Å². The van der Waals surface area contributed by atoms with E-state index < -0.39 is 6.04 Å². The molecule has 1 heterocycles. The van der Waals surface area contributed by atoms with E-state index >= 15 is 0 Å². The molecule has 0 radical (unpaired) electrons. The molecule has 168 valence electrons. The lowest BCUT2D eigenvalue weighted by molar-refractivity contribution is -0.119. The second-order valence-electron chi connectivity index (χ2n) is 8.13. The molecule has 0 aliphatic heterocycles. The molecule has 1 amide bonds. The summed E-state index contributed by atoms with van der Waals surface area (Å²) >= 11 is 0. The summed E-state index contributed by atoms with van der Waals surface area (Å²) < 4.78 is 5.40. The van der Waals surface area contributed by atoms with Crippen LogP contribution in [0.15, 0.2) is 85.1 Å². The molecule has 6 nitrogen and oxygen atoms in total. The Kier molecular flexibility index (Phi) is 6.56. The van der Waals surface area contributed by atoms with Crippen molar-refractivity contribution in [1.29, 1.82) is 0 Å². The molecule has 0 aliphatic carbocycles. The number of amides is 1.